The molecule has 0 aliphatic heterocycles. The minimum atomic E-state index is -0.891. The number of ether oxygens (including phenoxy) is 1. The molecule has 0 bridgehead atoms. The monoisotopic (exact) mass is 537 g/mol. The third-order valence-corrected chi connectivity index (χ3v) is 6.52. The van der Waals surface area contributed by atoms with Crippen molar-refractivity contribution >= 4 is 23.6 Å². The Bertz CT molecular complexity index is 1130. The van der Waals surface area contributed by atoms with E-state index in [0.717, 1.165) is 39.9 Å². The first-order valence-electron chi connectivity index (χ1n) is 13.8. The maximum Gasteiger partial charge on any atom is 0.408 e. The van der Waals surface area contributed by atoms with Crippen LogP contribution in [0.2, 0.25) is 0 Å². The third-order valence-electron chi connectivity index (χ3n) is 6.52. The highest BCUT2D eigenvalue weighted by molar-refractivity contribution is 5.99. The number of rotatable bonds is 10. The van der Waals surface area contributed by atoms with Gasteiger partial charge in [-0.25, -0.2) is 4.79 Å². The SMILES string of the molecule is Cc1cc(C)cc(C(C(=O)Nc2c(C)cccc2C)N(C(=O)CNC(=O)OC(C)(C)C)C(C)CCC(C)C)c1. The van der Waals surface area contributed by atoms with Crippen LogP contribution in [-0.4, -0.2) is 41.0 Å². The summed E-state index contributed by atoms with van der Waals surface area (Å²) in [6.07, 6.45) is 0.935. The molecule has 3 amide bonds. The zero-order valence-electron chi connectivity index (χ0n) is 25.4. The summed E-state index contributed by atoms with van der Waals surface area (Å²) in [6.45, 7) is 19.1. The molecule has 0 fully saturated rings. The Hall–Kier alpha value is -3.35. The normalized spacial score (nSPS) is 13.0. The predicted octanol–water partition coefficient (Wildman–Crippen LogP) is 6.78. The number of nitrogens with zero attached hydrogens (tertiary/aromatic N) is 1. The van der Waals surface area contributed by atoms with Crippen LogP contribution in [0, 0.1) is 33.6 Å². The van der Waals surface area contributed by atoms with Crippen LogP contribution in [0.1, 0.15) is 88.2 Å². The Morgan fingerprint density at radius 1 is 0.897 bits per heavy atom. The molecule has 2 atom stereocenters. The summed E-state index contributed by atoms with van der Waals surface area (Å²) in [5.74, 6) is -0.204. The van der Waals surface area contributed by atoms with Crippen LogP contribution < -0.4 is 10.6 Å². The molecule has 7 nitrogen and oxygen atoms in total. The van der Waals surface area contributed by atoms with Crippen LogP contribution in [0.3, 0.4) is 0 Å². The summed E-state index contributed by atoms with van der Waals surface area (Å²) >= 11 is 0. The molecule has 0 saturated carbocycles. The average Bonchev–Trinajstić information content (AvgIpc) is 2.79. The molecular weight excluding hydrogens is 490 g/mol. The number of para-hydroxylation sites is 1. The van der Waals surface area contributed by atoms with Crippen LogP contribution in [0.25, 0.3) is 0 Å². The van der Waals surface area contributed by atoms with E-state index in [4.69, 9.17) is 4.74 Å². The summed E-state index contributed by atoms with van der Waals surface area (Å²) in [5.41, 5.74) is 4.68. The van der Waals surface area contributed by atoms with Crippen LogP contribution in [0.15, 0.2) is 36.4 Å². The first kappa shape index (κ1) is 31.9. The van der Waals surface area contributed by atoms with E-state index in [-0.39, 0.29) is 24.4 Å². The van der Waals surface area contributed by atoms with Gasteiger partial charge in [0.05, 0.1) is 0 Å². The van der Waals surface area contributed by atoms with Gasteiger partial charge < -0.3 is 20.3 Å². The highest BCUT2D eigenvalue weighted by atomic mass is 16.6. The number of hydrogen-bond acceptors (Lipinski definition) is 4. The Balaban J connectivity index is 2.55. The molecule has 7 heteroatoms. The van der Waals surface area contributed by atoms with Crippen molar-refractivity contribution in [3.05, 3.63) is 64.2 Å². The second-order valence-electron chi connectivity index (χ2n) is 12.1. The molecule has 2 N–H and O–H groups in total. The second kappa shape index (κ2) is 13.6. The highest BCUT2D eigenvalue weighted by Crippen LogP contribution is 2.30. The first-order valence-corrected chi connectivity index (χ1v) is 13.8. The van der Waals surface area contributed by atoms with E-state index in [0.29, 0.717) is 12.3 Å². The minimum absolute atomic E-state index is 0.255. The van der Waals surface area contributed by atoms with Crippen molar-refractivity contribution < 1.29 is 19.1 Å². The van der Waals surface area contributed by atoms with Crippen LogP contribution in [-0.2, 0) is 14.3 Å². The molecular formula is C32H47N3O4. The van der Waals surface area contributed by atoms with Gasteiger partial charge in [0.2, 0.25) is 5.91 Å². The molecule has 0 aromatic heterocycles. The van der Waals surface area contributed by atoms with Gasteiger partial charge in [-0.2, -0.15) is 0 Å². The fraction of sp³-hybridized carbons (Fsp3) is 0.531. The van der Waals surface area contributed by atoms with Gasteiger partial charge in [0, 0.05) is 11.7 Å². The number of carbonyl (C=O) groups excluding carboxylic acids is 3. The van der Waals surface area contributed by atoms with E-state index in [2.05, 4.69) is 24.5 Å². The number of anilines is 1. The van der Waals surface area contributed by atoms with E-state index in [9.17, 15) is 14.4 Å². The lowest BCUT2D eigenvalue weighted by Gasteiger charge is -2.37. The molecule has 2 rings (SSSR count). The number of alkyl carbamates (subject to hydrolysis) is 1. The van der Waals surface area contributed by atoms with Gasteiger partial charge in [-0.05, 0) is 90.8 Å². The molecule has 0 heterocycles. The van der Waals surface area contributed by atoms with Crippen LogP contribution in [0.5, 0.6) is 0 Å². The van der Waals surface area contributed by atoms with E-state index in [1.807, 2.05) is 71.0 Å². The molecule has 0 saturated heterocycles. The molecule has 0 radical (unpaired) electrons. The van der Waals surface area contributed by atoms with Gasteiger partial charge in [0.25, 0.3) is 5.91 Å². The fourth-order valence-corrected chi connectivity index (χ4v) is 4.72. The third kappa shape index (κ3) is 9.72. The standard InChI is InChI=1S/C32H47N3O4/c1-20(2)14-15-25(7)35(27(36)19-33-31(38)39-32(8,9)10)29(26-17-21(3)16-22(4)18-26)30(37)34-28-23(5)12-11-13-24(28)6/h11-13,16-18,20,25,29H,14-15,19H2,1-10H3,(H,33,38)(H,34,37). The zero-order chi connectivity index (χ0) is 29.5. The number of amides is 3. The van der Waals surface area contributed by atoms with Crippen molar-refractivity contribution in [3.8, 4) is 0 Å². The molecule has 0 aliphatic rings. The van der Waals surface area contributed by atoms with Gasteiger partial charge in [-0.1, -0.05) is 61.4 Å². The van der Waals surface area contributed by atoms with Crippen molar-refractivity contribution in [2.45, 2.75) is 99.8 Å². The Morgan fingerprint density at radius 2 is 1.46 bits per heavy atom. The number of carbonyl (C=O) groups is 3. The molecule has 39 heavy (non-hydrogen) atoms. The number of nitrogens with one attached hydrogen (secondary N) is 2. The predicted molar refractivity (Wildman–Crippen MR) is 158 cm³/mol. The van der Waals surface area contributed by atoms with Crippen molar-refractivity contribution in [2.75, 3.05) is 11.9 Å². The fourth-order valence-electron chi connectivity index (χ4n) is 4.72. The lowest BCUT2D eigenvalue weighted by atomic mass is 9.95. The number of aryl methyl sites for hydroxylation is 4. The number of hydrogen-bond donors (Lipinski definition) is 2. The van der Waals surface area contributed by atoms with Gasteiger partial charge in [-0.15, -0.1) is 0 Å². The average molecular weight is 538 g/mol. The quantitative estimate of drug-likeness (QED) is 0.350. The molecule has 0 spiro atoms. The van der Waals surface area contributed by atoms with Crippen molar-refractivity contribution in [2.24, 2.45) is 5.92 Å². The summed E-state index contributed by atoms with van der Waals surface area (Å²) in [5, 5.41) is 5.71. The molecule has 2 unspecified atom stereocenters. The number of benzene rings is 2. The van der Waals surface area contributed by atoms with Crippen LogP contribution in [0.4, 0.5) is 10.5 Å². The molecule has 2 aromatic rings. The summed E-state index contributed by atoms with van der Waals surface area (Å²) in [6, 6.07) is 10.7. The smallest absolute Gasteiger partial charge is 0.408 e. The highest BCUT2D eigenvalue weighted by Gasteiger charge is 2.35. The van der Waals surface area contributed by atoms with Gasteiger partial charge in [-0.3, -0.25) is 9.59 Å². The van der Waals surface area contributed by atoms with E-state index in [1.54, 1.807) is 25.7 Å². The summed E-state index contributed by atoms with van der Waals surface area (Å²) < 4.78 is 5.34. The Labute approximate surface area is 234 Å². The largest absolute Gasteiger partial charge is 0.444 e. The van der Waals surface area contributed by atoms with Crippen molar-refractivity contribution in [3.63, 3.8) is 0 Å². The Kier molecular flexibility index (Phi) is 11.1. The molecule has 214 valence electrons. The van der Waals surface area contributed by atoms with Crippen LogP contribution >= 0.6 is 0 Å². The van der Waals surface area contributed by atoms with Gasteiger partial charge in [0.1, 0.15) is 18.2 Å². The molecule has 2 aromatic carbocycles. The van der Waals surface area contributed by atoms with E-state index in [1.165, 1.54) is 0 Å². The van der Waals surface area contributed by atoms with Gasteiger partial charge in [0.15, 0.2) is 0 Å². The summed E-state index contributed by atoms with van der Waals surface area (Å²) in [7, 11) is 0. The maximum absolute atomic E-state index is 14.1. The van der Waals surface area contributed by atoms with E-state index < -0.39 is 17.7 Å². The minimum Gasteiger partial charge on any atom is -0.444 e. The lowest BCUT2D eigenvalue weighted by molar-refractivity contribution is -0.141. The van der Waals surface area contributed by atoms with Crippen molar-refractivity contribution in [1.82, 2.24) is 10.2 Å². The van der Waals surface area contributed by atoms with Crippen molar-refractivity contribution in [1.29, 1.82) is 0 Å². The summed E-state index contributed by atoms with van der Waals surface area (Å²) in [4.78, 5) is 42.0. The Morgan fingerprint density at radius 3 is 1.97 bits per heavy atom. The first-order chi connectivity index (χ1) is 18.1. The lowest BCUT2D eigenvalue weighted by Crippen LogP contribution is -2.50. The maximum atomic E-state index is 14.1. The second-order valence-corrected chi connectivity index (χ2v) is 12.1. The molecule has 0 aliphatic carbocycles. The van der Waals surface area contributed by atoms with Gasteiger partial charge >= 0.3 is 6.09 Å². The zero-order valence-corrected chi connectivity index (χ0v) is 25.4. The topological polar surface area (TPSA) is 87.7 Å². The van der Waals surface area contributed by atoms with E-state index >= 15 is 0 Å².